The van der Waals surface area contributed by atoms with Crippen molar-refractivity contribution in [3.05, 3.63) is 29.3 Å². The van der Waals surface area contributed by atoms with Crippen LogP contribution < -0.4 is 15.4 Å². The number of carbonyl (C=O) groups excluding carboxylic acids is 1. The number of nitrogens with zero attached hydrogens (tertiary/aromatic N) is 2. The number of aryl methyl sites for hydroxylation is 1. The molecule has 0 spiro atoms. The molecule has 0 unspecified atom stereocenters. The molecule has 2 N–H and O–H groups in total. The molecule has 7 heteroatoms. The molecule has 1 aromatic rings. The van der Waals surface area contributed by atoms with Crippen LogP contribution in [0.1, 0.15) is 30.9 Å². The summed E-state index contributed by atoms with van der Waals surface area (Å²) >= 11 is 0. The Morgan fingerprint density at radius 1 is 1.28 bits per heavy atom. The molecule has 0 saturated carbocycles. The van der Waals surface area contributed by atoms with E-state index in [1.165, 1.54) is 5.56 Å². The highest BCUT2D eigenvalue weighted by molar-refractivity contribution is 14.0. The minimum absolute atomic E-state index is 0. The van der Waals surface area contributed by atoms with Crippen LogP contribution in [-0.2, 0) is 11.3 Å². The van der Waals surface area contributed by atoms with Gasteiger partial charge in [0.1, 0.15) is 5.75 Å². The molecule has 0 aliphatic rings. The van der Waals surface area contributed by atoms with Crippen molar-refractivity contribution in [3.8, 4) is 5.75 Å². The minimum Gasteiger partial charge on any atom is -0.493 e. The molecule has 1 amide bonds. The third kappa shape index (κ3) is 8.94. The van der Waals surface area contributed by atoms with Crippen molar-refractivity contribution in [3.63, 3.8) is 0 Å². The number of nitrogens with one attached hydrogen (secondary N) is 2. The Labute approximate surface area is 168 Å². The fraction of sp³-hybridized carbons (Fsp3) is 0.556. The summed E-state index contributed by atoms with van der Waals surface area (Å²) in [7, 11) is 5.22. The summed E-state index contributed by atoms with van der Waals surface area (Å²) in [4.78, 5) is 17.3. The average molecular weight is 462 g/mol. The summed E-state index contributed by atoms with van der Waals surface area (Å²) in [5.41, 5.74) is 2.26. The van der Waals surface area contributed by atoms with Gasteiger partial charge in [0.25, 0.3) is 0 Å². The predicted octanol–water partition coefficient (Wildman–Crippen LogP) is 2.55. The van der Waals surface area contributed by atoms with E-state index < -0.39 is 0 Å². The van der Waals surface area contributed by atoms with Gasteiger partial charge in [-0.1, -0.05) is 19.1 Å². The van der Waals surface area contributed by atoms with Crippen molar-refractivity contribution < 1.29 is 9.53 Å². The van der Waals surface area contributed by atoms with E-state index in [0.29, 0.717) is 32.1 Å². The van der Waals surface area contributed by atoms with Crippen molar-refractivity contribution in [1.29, 1.82) is 0 Å². The smallest absolute Gasteiger partial charge is 0.223 e. The Morgan fingerprint density at radius 3 is 2.60 bits per heavy atom. The van der Waals surface area contributed by atoms with Gasteiger partial charge in [0.15, 0.2) is 5.96 Å². The maximum absolute atomic E-state index is 11.6. The van der Waals surface area contributed by atoms with Crippen LogP contribution in [0.15, 0.2) is 23.2 Å². The van der Waals surface area contributed by atoms with E-state index in [1.54, 1.807) is 26.0 Å². The summed E-state index contributed by atoms with van der Waals surface area (Å²) in [5.74, 6) is 1.66. The van der Waals surface area contributed by atoms with E-state index in [0.717, 1.165) is 17.7 Å². The lowest BCUT2D eigenvalue weighted by atomic mass is 10.1. The Balaban J connectivity index is 0.00000576. The zero-order valence-electron chi connectivity index (χ0n) is 15.9. The van der Waals surface area contributed by atoms with Gasteiger partial charge in [-0.05, 0) is 25.0 Å². The SMILES string of the molecule is CCCOc1cc(C)ccc1CNC(=NC)NCCC(=O)N(C)C.I. The number of hydrogen-bond acceptors (Lipinski definition) is 3. The fourth-order valence-electron chi connectivity index (χ4n) is 2.07. The molecule has 1 rings (SSSR count). The fourth-order valence-corrected chi connectivity index (χ4v) is 2.07. The van der Waals surface area contributed by atoms with Gasteiger partial charge in [-0.25, -0.2) is 0 Å². The Kier molecular flexibility index (Phi) is 12.0. The molecule has 1 aromatic carbocycles. The third-order valence-electron chi connectivity index (χ3n) is 3.48. The summed E-state index contributed by atoms with van der Waals surface area (Å²) < 4.78 is 5.82. The molecule has 0 aromatic heterocycles. The third-order valence-corrected chi connectivity index (χ3v) is 3.48. The lowest BCUT2D eigenvalue weighted by Gasteiger charge is -2.16. The van der Waals surface area contributed by atoms with Gasteiger partial charge in [0.05, 0.1) is 6.61 Å². The Bertz CT molecular complexity index is 562. The molecular weight excluding hydrogens is 431 g/mol. The van der Waals surface area contributed by atoms with Crippen LogP contribution in [0.25, 0.3) is 0 Å². The van der Waals surface area contributed by atoms with E-state index in [4.69, 9.17) is 4.74 Å². The number of amides is 1. The molecule has 0 radical (unpaired) electrons. The molecule has 6 nitrogen and oxygen atoms in total. The number of guanidine groups is 1. The minimum atomic E-state index is 0. The number of hydrogen-bond donors (Lipinski definition) is 2. The zero-order valence-corrected chi connectivity index (χ0v) is 18.2. The van der Waals surface area contributed by atoms with Crippen LogP contribution in [0.5, 0.6) is 5.75 Å². The van der Waals surface area contributed by atoms with Crippen LogP contribution in [0, 0.1) is 6.92 Å². The molecule has 0 heterocycles. The van der Waals surface area contributed by atoms with E-state index in [2.05, 4.69) is 47.7 Å². The number of rotatable bonds is 8. The molecule has 25 heavy (non-hydrogen) atoms. The van der Waals surface area contributed by atoms with Gasteiger partial charge in [0, 0.05) is 46.2 Å². The van der Waals surface area contributed by atoms with Crippen LogP contribution in [-0.4, -0.2) is 51.1 Å². The van der Waals surface area contributed by atoms with Gasteiger partial charge in [0.2, 0.25) is 5.91 Å². The highest BCUT2D eigenvalue weighted by Gasteiger charge is 2.07. The summed E-state index contributed by atoms with van der Waals surface area (Å²) in [6.07, 6.45) is 1.41. The molecule has 0 saturated heterocycles. The highest BCUT2D eigenvalue weighted by Crippen LogP contribution is 2.20. The first-order chi connectivity index (χ1) is 11.5. The first-order valence-electron chi connectivity index (χ1n) is 8.35. The zero-order chi connectivity index (χ0) is 17.9. The van der Waals surface area contributed by atoms with Crippen LogP contribution in [0.3, 0.4) is 0 Å². The number of halogens is 1. The Morgan fingerprint density at radius 2 is 2.00 bits per heavy atom. The predicted molar refractivity (Wildman–Crippen MR) is 114 cm³/mol. The molecule has 0 atom stereocenters. The summed E-state index contributed by atoms with van der Waals surface area (Å²) in [6, 6.07) is 6.19. The van der Waals surface area contributed by atoms with E-state index in [-0.39, 0.29) is 29.9 Å². The quantitative estimate of drug-likeness (QED) is 0.354. The summed E-state index contributed by atoms with van der Waals surface area (Å²) in [5, 5.41) is 6.41. The second kappa shape index (κ2) is 12.8. The molecule has 0 bridgehead atoms. The van der Waals surface area contributed by atoms with Gasteiger partial charge >= 0.3 is 0 Å². The maximum atomic E-state index is 11.6. The molecular formula is C18H31IN4O2. The highest BCUT2D eigenvalue weighted by atomic mass is 127. The monoisotopic (exact) mass is 462 g/mol. The van der Waals surface area contributed by atoms with Crippen molar-refractivity contribution in [1.82, 2.24) is 15.5 Å². The second-order valence-corrected chi connectivity index (χ2v) is 5.85. The molecule has 0 fully saturated rings. The number of aliphatic imine (C=N–C) groups is 1. The van der Waals surface area contributed by atoms with Crippen LogP contribution in [0.4, 0.5) is 0 Å². The van der Waals surface area contributed by atoms with Crippen LogP contribution >= 0.6 is 24.0 Å². The second-order valence-electron chi connectivity index (χ2n) is 5.85. The van der Waals surface area contributed by atoms with Gasteiger partial charge in [-0.3, -0.25) is 9.79 Å². The first-order valence-corrected chi connectivity index (χ1v) is 8.35. The first kappa shape index (κ1) is 23.5. The number of ether oxygens (including phenoxy) is 1. The maximum Gasteiger partial charge on any atom is 0.223 e. The van der Waals surface area contributed by atoms with Crippen molar-refractivity contribution in [2.45, 2.75) is 33.2 Å². The molecule has 142 valence electrons. The van der Waals surface area contributed by atoms with Crippen molar-refractivity contribution in [2.75, 3.05) is 34.3 Å². The number of benzene rings is 1. The van der Waals surface area contributed by atoms with E-state index >= 15 is 0 Å². The summed E-state index contributed by atoms with van der Waals surface area (Å²) in [6.45, 7) is 6.01. The van der Waals surface area contributed by atoms with Crippen molar-refractivity contribution >= 4 is 35.8 Å². The molecule has 0 aliphatic heterocycles. The normalized spacial score (nSPS) is 10.7. The topological polar surface area (TPSA) is 66.0 Å². The van der Waals surface area contributed by atoms with Crippen LogP contribution in [0.2, 0.25) is 0 Å². The molecule has 0 aliphatic carbocycles. The van der Waals surface area contributed by atoms with Gasteiger partial charge in [-0.15, -0.1) is 24.0 Å². The van der Waals surface area contributed by atoms with Gasteiger partial charge < -0.3 is 20.3 Å². The lowest BCUT2D eigenvalue weighted by Crippen LogP contribution is -2.38. The Hall–Kier alpha value is -1.51. The largest absolute Gasteiger partial charge is 0.493 e. The standard InChI is InChI=1S/C18H30N4O2.HI/c1-6-11-24-16-12-14(2)7-8-15(16)13-21-18(19-3)20-10-9-17(23)22(4)5;/h7-8,12H,6,9-11,13H2,1-5H3,(H2,19,20,21);1H. The lowest BCUT2D eigenvalue weighted by molar-refractivity contribution is -0.128. The van der Waals surface area contributed by atoms with Crippen molar-refractivity contribution in [2.24, 2.45) is 4.99 Å². The number of carbonyl (C=O) groups is 1. The van der Waals surface area contributed by atoms with E-state index in [9.17, 15) is 4.79 Å². The average Bonchev–Trinajstić information content (AvgIpc) is 2.56. The van der Waals surface area contributed by atoms with E-state index in [1.807, 2.05) is 0 Å². The van der Waals surface area contributed by atoms with Gasteiger partial charge in [-0.2, -0.15) is 0 Å².